The molecular weight excluding hydrogens is 269 g/mol. The lowest BCUT2D eigenvalue weighted by molar-refractivity contribution is 0.393. The number of hydrogen-bond acceptors (Lipinski definition) is 3. The number of anilines is 1. The van der Waals surface area contributed by atoms with Crippen molar-refractivity contribution in [2.75, 3.05) is 26.1 Å². The van der Waals surface area contributed by atoms with Gasteiger partial charge in [0.1, 0.15) is 17.3 Å². The maximum Gasteiger partial charge on any atom is 0.145 e. The van der Waals surface area contributed by atoms with Crippen LogP contribution in [0, 0.1) is 5.82 Å². The average molecular weight is 287 g/mol. The van der Waals surface area contributed by atoms with Gasteiger partial charge in [-0.1, -0.05) is 12.1 Å². The standard InChI is InChI=1S/C17H18FNO2/c1-20-15-8-12-7-13(11-3-5-14(18)6-4-11)10-19-17(12)16(9-15)21-2/h3-6,8-9,13,19H,7,10H2,1-2H3. The molecule has 1 aliphatic heterocycles. The van der Waals surface area contributed by atoms with Crippen LogP contribution in [0.1, 0.15) is 17.0 Å². The molecule has 0 amide bonds. The molecule has 0 aliphatic carbocycles. The number of fused-ring (bicyclic) bond motifs is 1. The van der Waals surface area contributed by atoms with E-state index in [2.05, 4.69) is 5.32 Å². The van der Waals surface area contributed by atoms with Gasteiger partial charge in [0.15, 0.2) is 0 Å². The zero-order valence-corrected chi connectivity index (χ0v) is 12.2. The zero-order chi connectivity index (χ0) is 14.8. The van der Waals surface area contributed by atoms with Crippen molar-refractivity contribution in [2.45, 2.75) is 12.3 Å². The summed E-state index contributed by atoms with van der Waals surface area (Å²) in [6.45, 7) is 0.807. The zero-order valence-electron chi connectivity index (χ0n) is 12.2. The van der Waals surface area contributed by atoms with Crippen LogP contribution >= 0.6 is 0 Å². The quantitative estimate of drug-likeness (QED) is 0.935. The molecule has 1 heterocycles. The van der Waals surface area contributed by atoms with Crippen LogP contribution in [0.15, 0.2) is 36.4 Å². The summed E-state index contributed by atoms with van der Waals surface area (Å²) in [5.74, 6) is 1.69. The molecule has 2 aromatic rings. The fraction of sp³-hybridized carbons (Fsp3) is 0.294. The molecule has 0 saturated heterocycles. The van der Waals surface area contributed by atoms with Gasteiger partial charge in [-0.2, -0.15) is 0 Å². The lowest BCUT2D eigenvalue weighted by atomic mass is 9.88. The minimum absolute atomic E-state index is 0.203. The predicted molar refractivity (Wildman–Crippen MR) is 80.9 cm³/mol. The first-order valence-electron chi connectivity index (χ1n) is 6.95. The SMILES string of the molecule is COc1cc2c(c(OC)c1)NCC(c1ccc(F)cc1)C2. The Balaban J connectivity index is 1.92. The number of nitrogens with one attached hydrogen (secondary N) is 1. The van der Waals surface area contributed by atoms with E-state index in [1.54, 1.807) is 14.2 Å². The summed E-state index contributed by atoms with van der Waals surface area (Å²) in [6.07, 6.45) is 0.877. The highest BCUT2D eigenvalue weighted by Crippen LogP contribution is 2.39. The van der Waals surface area contributed by atoms with Crippen LogP contribution in [0.3, 0.4) is 0 Å². The molecule has 1 N–H and O–H groups in total. The summed E-state index contributed by atoms with van der Waals surface area (Å²) >= 11 is 0. The molecule has 3 nitrogen and oxygen atoms in total. The van der Waals surface area contributed by atoms with E-state index in [0.717, 1.165) is 41.3 Å². The van der Waals surface area contributed by atoms with E-state index >= 15 is 0 Å². The van der Waals surface area contributed by atoms with Crippen molar-refractivity contribution < 1.29 is 13.9 Å². The van der Waals surface area contributed by atoms with Gasteiger partial charge in [-0.3, -0.25) is 0 Å². The summed E-state index contributed by atoms with van der Waals surface area (Å²) in [5, 5.41) is 3.42. The third-order valence-corrected chi connectivity index (χ3v) is 3.95. The van der Waals surface area contributed by atoms with Crippen molar-refractivity contribution in [3.05, 3.63) is 53.3 Å². The second-order valence-electron chi connectivity index (χ2n) is 5.20. The smallest absolute Gasteiger partial charge is 0.145 e. The van der Waals surface area contributed by atoms with Crippen molar-refractivity contribution in [1.82, 2.24) is 0 Å². The molecule has 1 unspecified atom stereocenters. The maximum atomic E-state index is 13.0. The Morgan fingerprint density at radius 2 is 1.86 bits per heavy atom. The molecule has 21 heavy (non-hydrogen) atoms. The first kappa shape index (κ1) is 13.7. The van der Waals surface area contributed by atoms with Crippen LogP contribution in [0.25, 0.3) is 0 Å². The van der Waals surface area contributed by atoms with Crippen LogP contribution in [-0.4, -0.2) is 20.8 Å². The highest BCUT2D eigenvalue weighted by atomic mass is 19.1. The van der Waals surface area contributed by atoms with Crippen LogP contribution in [0.5, 0.6) is 11.5 Å². The molecule has 0 saturated carbocycles. The Kier molecular flexibility index (Phi) is 3.69. The van der Waals surface area contributed by atoms with Gasteiger partial charge in [-0.05, 0) is 35.7 Å². The Labute approximate surface area is 123 Å². The van der Waals surface area contributed by atoms with Crippen LogP contribution < -0.4 is 14.8 Å². The normalized spacial score (nSPS) is 16.8. The summed E-state index contributed by atoms with van der Waals surface area (Å²) in [5.41, 5.74) is 3.32. The van der Waals surface area contributed by atoms with Gasteiger partial charge in [0.25, 0.3) is 0 Å². The molecule has 1 atom stereocenters. The monoisotopic (exact) mass is 287 g/mol. The molecule has 0 aromatic heterocycles. The van der Waals surface area contributed by atoms with E-state index in [0.29, 0.717) is 5.92 Å². The second-order valence-corrected chi connectivity index (χ2v) is 5.20. The van der Waals surface area contributed by atoms with Gasteiger partial charge in [0.2, 0.25) is 0 Å². The minimum Gasteiger partial charge on any atom is -0.497 e. The van der Waals surface area contributed by atoms with Crippen molar-refractivity contribution in [3.8, 4) is 11.5 Å². The number of hydrogen-bond donors (Lipinski definition) is 1. The third-order valence-electron chi connectivity index (χ3n) is 3.95. The molecular formula is C17H18FNO2. The van der Waals surface area contributed by atoms with Gasteiger partial charge >= 0.3 is 0 Å². The van der Waals surface area contributed by atoms with E-state index in [1.165, 1.54) is 12.1 Å². The molecule has 0 spiro atoms. The molecule has 4 heteroatoms. The Hall–Kier alpha value is -2.23. The Morgan fingerprint density at radius 3 is 2.52 bits per heavy atom. The third kappa shape index (κ3) is 2.66. The number of halogens is 1. The highest BCUT2D eigenvalue weighted by molar-refractivity contribution is 5.66. The van der Waals surface area contributed by atoms with Crippen molar-refractivity contribution >= 4 is 5.69 Å². The van der Waals surface area contributed by atoms with Gasteiger partial charge in [-0.15, -0.1) is 0 Å². The van der Waals surface area contributed by atoms with E-state index in [4.69, 9.17) is 9.47 Å². The van der Waals surface area contributed by atoms with Crippen LogP contribution in [0.4, 0.5) is 10.1 Å². The van der Waals surface area contributed by atoms with Crippen LogP contribution in [0.2, 0.25) is 0 Å². The van der Waals surface area contributed by atoms with Crippen molar-refractivity contribution in [3.63, 3.8) is 0 Å². The molecule has 0 radical (unpaired) electrons. The lowest BCUT2D eigenvalue weighted by Crippen LogP contribution is -2.22. The molecule has 110 valence electrons. The number of benzene rings is 2. The van der Waals surface area contributed by atoms with E-state index in [-0.39, 0.29) is 5.82 Å². The van der Waals surface area contributed by atoms with Gasteiger partial charge in [0, 0.05) is 18.5 Å². The van der Waals surface area contributed by atoms with Crippen molar-refractivity contribution in [2.24, 2.45) is 0 Å². The topological polar surface area (TPSA) is 30.5 Å². The molecule has 0 bridgehead atoms. The van der Waals surface area contributed by atoms with Crippen molar-refractivity contribution in [1.29, 1.82) is 0 Å². The molecule has 2 aromatic carbocycles. The Bertz CT molecular complexity index is 640. The largest absolute Gasteiger partial charge is 0.497 e. The van der Waals surface area contributed by atoms with E-state index < -0.39 is 0 Å². The summed E-state index contributed by atoms with van der Waals surface area (Å²) in [4.78, 5) is 0. The number of ether oxygens (including phenoxy) is 2. The number of rotatable bonds is 3. The fourth-order valence-corrected chi connectivity index (χ4v) is 2.82. The first-order chi connectivity index (χ1) is 10.2. The molecule has 3 rings (SSSR count). The first-order valence-corrected chi connectivity index (χ1v) is 6.95. The van der Waals surface area contributed by atoms with E-state index in [1.807, 2.05) is 24.3 Å². The number of methoxy groups -OCH3 is 2. The maximum absolute atomic E-state index is 13.0. The van der Waals surface area contributed by atoms with Crippen LogP contribution in [-0.2, 0) is 6.42 Å². The lowest BCUT2D eigenvalue weighted by Gasteiger charge is -2.28. The Morgan fingerprint density at radius 1 is 1.10 bits per heavy atom. The molecule has 0 fully saturated rings. The fourth-order valence-electron chi connectivity index (χ4n) is 2.82. The average Bonchev–Trinajstić information content (AvgIpc) is 2.53. The molecule has 1 aliphatic rings. The van der Waals surface area contributed by atoms with E-state index in [9.17, 15) is 4.39 Å². The van der Waals surface area contributed by atoms with Gasteiger partial charge in [0.05, 0.1) is 19.9 Å². The summed E-state index contributed by atoms with van der Waals surface area (Å²) < 4.78 is 23.8. The predicted octanol–water partition coefficient (Wildman–Crippen LogP) is 3.59. The highest BCUT2D eigenvalue weighted by Gasteiger charge is 2.23. The summed E-state index contributed by atoms with van der Waals surface area (Å²) in [6, 6.07) is 10.6. The van der Waals surface area contributed by atoms with Gasteiger partial charge < -0.3 is 14.8 Å². The minimum atomic E-state index is -0.203. The van der Waals surface area contributed by atoms with Gasteiger partial charge in [-0.25, -0.2) is 4.39 Å². The summed E-state index contributed by atoms with van der Waals surface area (Å²) in [7, 11) is 3.30. The second kappa shape index (κ2) is 5.64.